The van der Waals surface area contributed by atoms with Gasteiger partial charge in [-0.05, 0) is 37.6 Å². The quantitative estimate of drug-likeness (QED) is 0.363. The van der Waals surface area contributed by atoms with Crippen molar-refractivity contribution >= 4 is 17.0 Å². The number of nitrogens with one attached hydrogen (secondary N) is 1. The van der Waals surface area contributed by atoms with E-state index in [1.165, 1.54) is 6.33 Å². The Bertz CT molecular complexity index is 1290. The molecule has 0 fully saturated rings. The summed E-state index contributed by atoms with van der Waals surface area (Å²) in [6.07, 6.45) is 12.4. The number of nitrogens with two attached hydrogens (primary N) is 1. The van der Waals surface area contributed by atoms with Gasteiger partial charge in [-0.15, -0.1) is 0 Å². The van der Waals surface area contributed by atoms with Gasteiger partial charge in [0.05, 0.1) is 17.7 Å². The number of aromatic amines is 1. The van der Waals surface area contributed by atoms with Crippen LogP contribution in [0.4, 0.5) is 5.69 Å². The van der Waals surface area contributed by atoms with Gasteiger partial charge in [0.2, 0.25) is 0 Å². The molecule has 0 aliphatic rings. The molecular formula is C24H23N7. The second kappa shape index (κ2) is 8.23. The molecule has 7 heteroatoms. The molecule has 7 nitrogen and oxygen atoms in total. The molecule has 0 unspecified atom stereocenters. The summed E-state index contributed by atoms with van der Waals surface area (Å²) in [5, 5.41) is 0. The van der Waals surface area contributed by atoms with Gasteiger partial charge in [0.25, 0.3) is 0 Å². The molecule has 4 aromatic rings. The highest BCUT2D eigenvalue weighted by Gasteiger charge is 2.17. The van der Waals surface area contributed by atoms with E-state index in [0.717, 1.165) is 39.5 Å². The number of H-pyrrole nitrogens is 1. The van der Waals surface area contributed by atoms with Crippen LogP contribution in [0.25, 0.3) is 22.4 Å². The number of allylic oxidation sites excluding steroid dienone is 2. The maximum atomic E-state index is 6.28. The lowest BCUT2D eigenvalue weighted by Crippen LogP contribution is -1.99. The van der Waals surface area contributed by atoms with Gasteiger partial charge in [-0.2, -0.15) is 0 Å². The molecular weight excluding hydrogens is 386 g/mol. The maximum absolute atomic E-state index is 6.28. The lowest BCUT2D eigenvalue weighted by atomic mass is 9.99. The monoisotopic (exact) mass is 409 g/mol. The number of hydrogen-bond acceptors (Lipinski definition) is 5. The third-order valence-corrected chi connectivity index (χ3v) is 4.95. The highest BCUT2D eigenvalue weighted by molar-refractivity contribution is 5.85. The number of aryl methyl sites for hydroxylation is 2. The number of benzene rings is 1. The Kier molecular flexibility index (Phi) is 5.32. The normalized spacial score (nSPS) is 11.5. The fourth-order valence-electron chi connectivity index (χ4n) is 3.38. The average Bonchev–Trinajstić information content (AvgIpc) is 3.38. The number of imidazole rings is 2. The molecule has 0 aliphatic heterocycles. The highest BCUT2D eigenvalue weighted by atomic mass is 15.1. The van der Waals surface area contributed by atoms with Crippen molar-refractivity contribution in [1.82, 2.24) is 29.5 Å². The van der Waals surface area contributed by atoms with Crippen LogP contribution in [-0.2, 0) is 0 Å². The molecule has 0 aliphatic carbocycles. The van der Waals surface area contributed by atoms with Gasteiger partial charge >= 0.3 is 0 Å². The predicted molar refractivity (Wildman–Crippen MR) is 124 cm³/mol. The summed E-state index contributed by atoms with van der Waals surface area (Å²) in [6, 6.07) is 5.78. The van der Waals surface area contributed by atoms with E-state index < -0.39 is 0 Å². The minimum atomic E-state index is 0.619. The Morgan fingerprint density at radius 2 is 1.94 bits per heavy atom. The molecule has 154 valence electrons. The fourth-order valence-corrected chi connectivity index (χ4v) is 3.38. The largest absolute Gasteiger partial charge is 0.398 e. The van der Waals surface area contributed by atoms with Crippen LogP contribution in [0, 0.1) is 13.8 Å². The Labute approximate surface area is 180 Å². The van der Waals surface area contributed by atoms with Gasteiger partial charge in [-0.1, -0.05) is 25.3 Å². The first-order valence-electron chi connectivity index (χ1n) is 9.73. The van der Waals surface area contributed by atoms with Crippen molar-refractivity contribution in [3.05, 3.63) is 103 Å². The number of rotatable bonds is 6. The molecule has 0 atom stereocenters. The lowest BCUT2D eigenvalue weighted by Gasteiger charge is -2.10. The van der Waals surface area contributed by atoms with Crippen molar-refractivity contribution in [2.24, 2.45) is 0 Å². The molecule has 0 amide bonds. The van der Waals surface area contributed by atoms with Gasteiger partial charge in [-0.25, -0.2) is 19.9 Å². The summed E-state index contributed by atoms with van der Waals surface area (Å²) < 4.78 is 1.93. The number of nitrogen functional groups attached to an aromatic ring is 1. The Hall–Kier alpha value is -4.26. The van der Waals surface area contributed by atoms with Gasteiger partial charge in [0, 0.05) is 46.7 Å². The summed E-state index contributed by atoms with van der Waals surface area (Å²) in [7, 11) is 0. The van der Waals surface area contributed by atoms with Crippen LogP contribution >= 0.6 is 0 Å². The van der Waals surface area contributed by atoms with Gasteiger partial charge in [-0.3, -0.25) is 0 Å². The van der Waals surface area contributed by atoms with Crippen molar-refractivity contribution in [1.29, 1.82) is 0 Å². The average molecular weight is 409 g/mol. The molecule has 0 radical (unpaired) electrons. The van der Waals surface area contributed by atoms with Crippen molar-refractivity contribution in [3.63, 3.8) is 0 Å². The molecule has 3 aromatic heterocycles. The molecule has 0 saturated heterocycles. The third kappa shape index (κ3) is 3.93. The van der Waals surface area contributed by atoms with Crippen LogP contribution in [0.2, 0.25) is 0 Å². The van der Waals surface area contributed by atoms with Crippen molar-refractivity contribution in [3.8, 4) is 11.1 Å². The summed E-state index contributed by atoms with van der Waals surface area (Å²) in [5.74, 6) is 0.646. The second-order valence-electron chi connectivity index (χ2n) is 7.18. The zero-order valence-corrected chi connectivity index (χ0v) is 17.5. The maximum Gasteiger partial charge on any atom is 0.138 e. The van der Waals surface area contributed by atoms with Crippen molar-refractivity contribution < 1.29 is 0 Å². The van der Waals surface area contributed by atoms with E-state index in [9.17, 15) is 0 Å². The minimum Gasteiger partial charge on any atom is -0.398 e. The van der Waals surface area contributed by atoms with E-state index in [1.54, 1.807) is 24.8 Å². The Balaban J connectivity index is 1.74. The second-order valence-corrected chi connectivity index (χ2v) is 7.18. The summed E-state index contributed by atoms with van der Waals surface area (Å²) in [6.45, 7) is 12.0. The third-order valence-electron chi connectivity index (χ3n) is 4.95. The van der Waals surface area contributed by atoms with E-state index in [0.29, 0.717) is 17.1 Å². The Morgan fingerprint density at radius 1 is 1.16 bits per heavy atom. The first-order valence-corrected chi connectivity index (χ1v) is 9.73. The molecule has 0 spiro atoms. The van der Waals surface area contributed by atoms with E-state index in [-0.39, 0.29) is 0 Å². The van der Waals surface area contributed by atoms with Crippen molar-refractivity contribution in [2.75, 3.05) is 5.73 Å². The Morgan fingerprint density at radius 3 is 2.61 bits per heavy atom. The highest BCUT2D eigenvalue weighted by Crippen LogP contribution is 2.31. The van der Waals surface area contributed by atoms with Crippen molar-refractivity contribution in [2.45, 2.75) is 13.8 Å². The summed E-state index contributed by atoms with van der Waals surface area (Å²) in [4.78, 5) is 20.7. The molecule has 0 bridgehead atoms. The van der Waals surface area contributed by atoms with Crippen LogP contribution < -0.4 is 5.73 Å². The van der Waals surface area contributed by atoms with Gasteiger partial charge < -0.3 is 15.3 Å². The molecule has 4 rings (SSSR count). The van der Waals surface area contributed by atoms with Crippen LogP contribution in [0.5, 0.6) is 0 Å². The van der Waals surface area contributed by atoms with Crippen LogP contribution in [0.3, 0.4) is 0 Å². The molecule has 31 heavy (non-hydrogen) atoms. The minimum absolute atomic E-state index is 0.619. The van der Waals surface area contributed by atoms with E-state index in [4.69, 9.17) is 10.7 Å². The fraction of sp³-hybridized carbons (Fsp3) is 0.0833. The van der Waals surface area contributed by atoms with Crippen LogP contribution in [0.1, 0.15) is 28.5 Å². The van der Waals surface area contributed by atoms with E-state index in [2.05, 4.69) is 33.1 Å². The zero-order chi connectivity index (χ0) is 22.0. The van der Waals surface area contributed by atoms with Crippen LogP contribution in [-0.4, -0.2) is 29.5 Å². The SMILES string of the molecule is C=C/C=C(\c1nc(C(=C)c2cc(-c3cncnc3)ccc2N)[nH]c1C)n1cnc(C)c1. The number of nitrogens with zero attached hydrogens (tertiary/aromatic N) is 5. The first kappa shape index (κ1) is 20.0. The molecule has 0 saturated carbocycles. The summed E-state index contributed by atoms with van der Waals surface area (Å²) >= 11 is 0. The zero-order valence-electron chi connectivity index (χ0n) is 17.5. The predicted octanol–water partition coefficient (Wildman–Crippen LogP) is 4.40. The smallest absolute Gasteiger partial charge is 0.138 e. The summed E-state index contributed by atoms with van der Waals surface area (Å²) in [5.41, 5.74) is 13.7. The molecule has 3 N–H and O–H groups in total. The number of aromatic nitrogens is 6. The molecule has 3 heterocycles. The van der Waals surface area contributed by atoms with Gasteiger partial charge in [0.1, 0.15) is 17.8 Å². The van der Waals surface area contributed by atoms with E-state index >= 15 is 0 Å². The topological polar surface area (TPSA) is 98.3 Å². The van der Waals surface area contributed by atoms with Gasteiger partial charge in [0.15, 0.2) is 0 Å². The first-order chi connectivity index (χ1) is 15.0. The van der Waals surface area contributed by atoms with Crippen LogP contribution in [0.15, 0.2) is 74.8 Å². The number of hydrogen-bond donors (Lipinski definition) is 2. The number of anilines is 1. The molecule has 1 aromatic carbocycles. The van der Waals surface area contributed by atoms with E-state index in [1.807, 2.05) is 48.9 Å². The standard InChI is InChI=1S/C24H23N7/c1-5-6-22(31-12-15(2)28-14-31)23-17(4)29-24(30-23)16(3)20-9-18(7-8-21(20)25)19-10-26-13-27-11-19/h5-14H,1,3,25H2,2,4H3,(H,29,30)/b22-6+. The lowest BCUT2D eigenvalue weighted by molar-refractivity contribution is 1.06.